The Kier molecular flexibility index (Phi) is 5.76. The molecule has 0 unspecified atom stereocenters. The zero-order chi connectivity index (χ0) is 22.7. The lowest BCUT2D eigenvalue weighted by atomic mass is 10.1. The van der Waals surface area contributed by atoms with Gasteiger partial charge in [-0.1, -0.05) is 6.07 Å². The third-order valence-corrected chi connectivity index (χ3v) is 5.03. The summed E-state index contributed by atoms with van der Waals surface area (Å²) in [6.45, 7) is 0.666. The van der Waals surface area contributed by atoms with E-state index in [9.17, 15) is 14.0 Å². The van der Waals surface area contributed by atoms with Crippen molar-refractivity contribution in [3.63, 3.8) is 0 Å². The van der Waals surface area contributed by atoms with Crippen molar-refractivity contribution in [2.75, 3.05) is 17.3 Å². The molecule has 0 aliphatic carbocycles. The van der Waals surface area contributed by atoms with Gasteiger partial charge in [0.15, 0.2) is 6.67 Å². The maximum atomic E-state index is 13.0. The van der Waals surface area contributed by atoms with Crippen molar-refractivity contribution >= 4 is 45.3 Å². The van der Waals surface area contributed by atoms with E-state index in [0.717, 1.165) is 22.0 Å². The minimum atomic E-state index is -1.13. The number of carbonyl (C=O) groups excluding carboxylic acids is 1. The summed E-state index contributed by atoms with van der Waals surface area (Å²) in [4.78, 5) is 29.1. The van der Waals surface area contributed by atoms with Crippen LogP contribution >= 0.6 is 0 Å². The first-order valence-corrected chi connectivity index (χ1v) is 9.85. The summed E-state index contributed by atoms with van der Waals surface area (Å²) >= 11 is 0. The number of carbonyl (C=O) groups is 1. The van der Waals surface area contributed by atoms with E-state index in [0.29, 0.717) is 22.4 Å². The number of rotatable bonds is 6. The molecule has 4 rings (SSSR count). The van der Waals surface area contributed by atoms with Crippen LogP contribution in [-0.2, 0) is 4.79 Å². The molecule has 3 N–H and O–H groups in total. The van der Waals surface area contributed by atoms with E-state index < -0.39 is 12.6 Å². The first kappa shape index (κ1) is 20.9. The van der Waals surface area contributed by atoms with Gasteiger partial charge in [-0.2, -0.15) is 0 Å². The van der Waals surface area contributed by atoms with E-state index in [1.54, 1.807) is 54.2 Å². The van der Waals surface area contributed by atoms with Gasteiger partial charge in [0.1, 0.15) is 0 Å². The van der Waals surface area contributed by atoms with Crippen LogP contribution in [0.15, 0.2) is 71.8 Å². The molecule has 0 aliphatic rings. The summed E-state index contributed by atoms with van der Waals surface area (Å²) in [5, 5.41) is 14.2. The number of hydrogen-bond acceptors (Lipinski definition) is 5. The van der Waals surface area contributed by atoms with E-state index >= 15 is 0 Å². The Hall–Kier alpha value is -4.33. The van der Waals surface area contributed by atoms with Crippen LogP contribution in [0.2, 0.25) is 0 Å². The van der Waals surface area contributed by atoms with Crippen molar-refractivity contribution in [2.24, 2.45) is 0 Å². The summed E-state index contributed by atoms with van der Waals surface area (Å²) in [6.07, 6.45) is 6.07. The highest BCUT2D eigenvalue weighted by atomic mass is 19.1. The second-order valence-corrected chi connectivity index (χ2v) is 7.15. The Morgan fingerprint density at radius 2 is 2.03 bits per heavy atom. The molecule has 2 aromatic heterocycles. The average molecular weight is 429 g/mol. The first-order valence-electron chi connectivity index (χ1n) is 9.85. The number of hydrogen-bond donors (Lipinski definition) is 3. The molecule has 2 heterocycles. The quantitative estimate of drug-likeness (QED) is 0.314. The Bertz CT molecular complexity index is 1440. The molecule has 32 heavy (non-hydrogen) atoms. The standard InChI is InChI=1S/C24H20FN5O2/c1-15-3-6-18(12-21(15)29-22(31)13-25)30-23(32)8-4-16-14-28-20-7-5-17(27-10-2-9-26)11-19(20)24(16)30/h2-12,14,26-27H,13H2,1H3,(H,29,31)/b10-2-,26-9?. The first-order chi connectivity index (χ1) is 15.5. The van der Waals surface area contributed by atoms with Gasteiger partial charge in [0, 0.05) is 46.8 Å². The smallest absolute Gasteiger partial charge is 0.255 e. The lowest BCUT2D eigenvalue weighted by molar-refractivity contribution is -0.117. The lowest BCUT2D eigenvalue weighted by Gasteiger charge is -2.15. The molecule has 0 saturated heterocycles. The largest absolute Gasteiger partial charge is 0.362 e. The van der Waals surface area contributed by atoms with Crippen LogP contribution in [0.3, 0.4) is 0 Å². The number of nitrogens with one attached hydrogen (secondary N) is 3. The molecule has 0 aliphatic heterocycles. The van der Waals surface area contributed by atoms with Crippen LogP contribution in [0.25, 0.3) is 27.5 Å². The molecule has 2 aromatic carbocycles. The van der Waals surface area contributed by atoms with Gasteiger partial charge in [-0.05, 0) is 55.0 Å². The number of allylic oxidation sites excluding steroid dienone is 1. The van der Waals surface area contributed by atoms with Crippen molar-refractivity contribution in [2.45, 2.75) is 6.92 Å². The van der Waals surface area contributed by atoms with E-state index in [4.69, 9.17) is 5.41 Å². The number of benzene rings is 2. The lowest BCUT2D eigenvalue weighted by Crippen LogP contribution is -2.19. The molecule has 0 bridgehead atoms. The van der Waals surface area contributed by atoms with Gasteiger partial charge in [-0.15, -0.1) is 0 Å². The topological polar surface area (TPSA) is 99.9 Å². The molecule has 4 aromatic rings. The maximum Gasteiger partial charge on any atom is 0.255 e. The molecule has 160 valence electrons. The third kappa shape index (κ3) is 3.98. The van der Waals surface area contributed by atoms with E-state index in [2.05, 4.69) is 15.6 Å². The number of aryl methyl sites for hydroxylation is 1. The normalized spacial score (nSPS) is 11.2. The number of anilines is 2. The summed E-state index contributed by atoms with van der Waals surface area (Å²) in [6, 6.07) is 14.0. The number of alkyl halides is 1. The number of fused-ring (bicyclic) bond motifs is 3. The fourth-order valence-corrected chi connectivity index (χ4v) is 3.52. The summed E-state index contributed by atoms with van der Waals surface area (Å²) in [5.74, 6) is -0.751. The molecule has 0 radical (unpaired) electrons. The Morgan fingerprint density at radius 1 is 1.19 bits per heavy atom. The minimum absolute atomic E-state index is 0.251. The summed E-state index contributed by atoms with van der Waals surface area (Å²) in [7, 11) is 0. The number of aromatic nitrogens is 2. The van der Waals surface area contributed by atoms with Gasteiger partial charge >= 0.3 is 0 Å². The van der Waals surface area contributed by atoms with Crippen molar-refractivity contribution in [1.82, 2.24) is 9.55 Å². The van der Waals surface area contributed by atoms with Gasteiger partial charge < -0.3 is 16.0 Å². The molecule has 0 atom stereocenters. The Balaban J connectivity index is 1.97. The van der Waals surface area contributed by atoms with Gasteiger partial charge in [0.25, 0.3) is 11.5 Å². The Labute approximate surface area is 182 Å². The van der Waals surface area contributed by atoms with Crippen molar-refractivity contribution in [3.05, 3.63) is 82.9 Å². The third-order valence-electron chi connectivity index (χ3n) is 5.03. The van der Waals surface area contributed by atoms with Crippen LogP contribution in [0.1, 0.15) is 5.56 Å². The Morgan fingerprint density at radius 3 is 2.81 bits per heavy atom. The SMILES string of the molecule is Cc1ccc(-n2c(=O)ccc3cnc4ccc(N/C=C\C=N)cc4c32)cc1NC(=O)CF. The van der Waals surface area contributed by atoms with Gasteiger partial charge in [-0.3, -0.25) is 19.1 Å². The highest BCUT2D eigenvalue weighted by Crippen LogP contribution is 2.28. The van der Waals surface area contributed by atoms with Crippen LogP contribution < -0.4 is 16.2 Å². The fourth-order valence-electron chi connectivity index (χ4n) is 3.52. The van der Waals surface area contributed by atoms with E-state index in [-0.39, 0.29) is 5.56 Å². The highest BCUT2D eigenvalue weighted by Gasteiger charge is 2.13. The zero-order valence-electron chi connectivity index (χ0n) is 17.2. The summed E-state index contributed by atoms with van der Waals surface area (Å²) < 4.78 is 14.3. The highest BCUT2D eigenvalue weighted by molar-refractivity contribution is 6.05. The monoisotopic (exact) mass is 429 g/mol. The van der Waals surface area contributed by atoms with Crippen LogP contribution in [0.4, 0.5) is 15.8 Å². The second-order valence-electron chi connectivity index (χ2n) is 7.15. The molecule has 0 saturated carbocycles. The molecular weight excluding hydrogens is 409 g/mol. The number of pyridine rings is 2. The number of nitrogens with zero attached hydrogens (tertiary/aromatic N) is 2. The maximum absolute atomic E-state index is 13.0. The second kappa shape index (κ2) is 8.81. The fraction of sp³-hybridized carbons (Fsp3) is 0.0833. The predicted octanol–water partition coefficient (Wildman–Crippen LogP) is 4.33. The molecule has 1 amide bonds. The van der Waals surface area contributed by atoms with Gasteiger partial charge in [0.2, 0.25) is 0 Å². The molecule has 0 fully saturated rings. The molecule has 0 spiro atoms. The molecule has 8 heteroatoms. The zero-order valence-corrected chi connectivity index (χ0v) is 17.2. The van der Waals surface area contributed by atoms with Crippen LogP contribution in [0.5, 0.6) is 0 Å². The van der Waals surface area contributed by atoms with Gasteiger partial charge in [-0.25, -0.2) is 4.39 Å². The van der Waals surface area contributed by atoms with Crippen molar-refractivity contribution in [1.29, 1.82) is 5.41 Å². The molecular formula is C24H20FN5O2. The number of halogens is 1. The minimum Gasteiger partial charge on any atom is -0.362 e. The van der Waals surface area contributed by atoms with Gasteiger partial charge in [0.05, 0.1) is 16.7 Å². The summed E-state index contributed by atoms with van der Waals surface area (Å²) in [5.41, 5.74) is 3.61. The van der Waals surface area contributed by atoms with Crippen molar-refractivity contribution in [3.8, 4) is 5.69 Å². The number of amides is 1. The van der Waals surface area contributed by atoms with Crippen LogP contribution in [-0.4, -0.2) is 28.3 Å². The average Bonchev–Trinajstić information content (AvgIpc) is 2.80. The van der Waals surface area contributed by atoms with E-state index in [1.165, 1.54) is 12.3 Å². The van der Waals surface area contributed by atoms with E-state index in [1.807, 2.05) is 18.2 Å². The predicted molar refractivity (Wildman–Crippen MR) is 126 cm³/mol. The molecule has 7 nitrogen and oxygen atoms in total. The van der Waals surface area contributed by atoms with Crippen LogP contribution in [0, 0.1) is 12.3 Å². The van der Waals surface area contributed by atoms with Crippen molar-refractivity contribution < 1.29 is 9.18 Å².